The summed E-state index contributed by atoms with van der Waals surface area (Å²) >= 11 is 6.50. The SMILES string of the molecule is CC(=S)OCCCCCC(C)C.CCCCCCC[CH2][Sn]. The van der Waals surface area contributed by atoms with Gasteiger partial charge in [-0.3, -0.25) is 0 Å². The van der Waals surface area contributed by atoms with Crippen LogP contribution in [0.2, 0.25) is 4.44 Å². The van der Waals surface area contributed by atoms with Crippen molar-refractivity contribution >= 4 is 39.8 Å². The van der Waals surface area contributed by atoms with E-state index in [0.717, 1.165) is 18.9 Å². The molecule has 0 fully saturated rings. The van der Waals surface area contributed by atoms with Gasteiger partial charge in [0.1, 0.15) is 0 Å². The van der Waals surface area contributed by atoms with E-state index in [9.17, 15) is 0 Å². The molecule has 0 aromatic carbocycles. The number of hydrogen-bond donors (Lipinski definition) is 0. The van der Waals surface area contributed by atoms with Crippen molar-refractivity contribution in [3.63, 3.8) is 0 Å². The number of ether oxygens (including phenoxy) is 1. The summed E-state index contributed by atoms with van der Waals surface area (Å²) in [5, 5.41) is 0.666. The molecule has 0 N–H and O–H groups in total. The monoisotopic (exact) mass is 421 g/mol. The quantitative estimate of drug-likeness (QED) is 0.203. The van der Waals surface area contributed by atoms with Gasteiger partial charge in [-0.2, -0.15) is 0 Å². The van der Waals surface area contributed by atoms with Gasteiger partial charge in [0.05, 0.1) is 6.61 Å². The van der Waals surface area contributed by atoms with Gasteiger partial charge in [0.25, 0.3) is 0 Å². The van der Waals surface area contributed by atoms with Crippen LogP contribution in [-0.2, 0) is 4.74 Å². The van der Waals surface area contributed by atoms with Crippen molar-refractivity contribution in [3.8, 4) is 0 Å². The molecule has 0 aromatic heterocycles. The molecule has 125 valence electrons. The number of thiocarbonyl (C=S) groups is 1. The fraction of sp³-hybridized carbons (Fsp3) is 0.944. The normalized spacial score (nSPS) is 10.2. The van der Waals surface area contributed by atoms with Crippen LogP contribution in [0.1, 0.15) is 91.9 Å². The minimum atomic E-state index is 0.666. The molecule has 0 aliphatic heterocycles. The Hall–Kier alpha value is 0.689. The molecule has 0 atom stereocenters. The van der Waals surface area contributed by atoms with E-state index in [1.807, 2.05) is 6.92 Å². The fourth-order valence-corrected chi connectivity index (χ4v) is 2.75. The van der Waals surface area contributed by atoms with Gasteiger partial charge < -0.3 is 4.74 Å². The van der Waals surface area contributed by atoms with Crippen molar-refractivity contribution in [2.75, 3.05) is 6.61 Å². The molecular weight excluding hydrogens is 383 g/mol. The average Bonchev–Trinajstić information content (AvgIpc) is 2.43. The summed E-state index contributed by atoms with van der Waals surface area (Å²) in [6.07, 6.45) is 13.8. The van der Waals surface area contributed by atoms with Crippen LogP contribution in [0.4, 0.5) is 0 Å². The summed E-state index contributed by atoms with van der Waals surface area (Å²) in [5.41, 5.74) is 0. The van der Waals surface area contributed by atoms with Gasteiger partial charge in [-0.25, -0.2) is 0 Å². The van der Waals surface area contributed by atoms with E-state index in [2.05, 4.69) is 20.8 Å². The standard InChI is InChI=1S/C10H20OS.C8H17.Sn/c1-9(2)7-5-4-6-8-11-10(3)12;1-3-5-7-8-6-4-2;/h9H,4-8H2,1-3H3;1,3-8H2,2H3;. The molecule has 0 saturated carbocycles. The molecule has 0 aromatic rings. The van der Waals surface area contributed by atoms with Crippen LogP contribution >= 0.6 is 12.2 Å². The Morgan fingerprint density at radius 3 is 2.05 bits per heavy atom. The van der Waals surface area contributed by atoms with Gasteiger partial charge in [0.15, 0.2) is 5.05 Å². The Bertz CT molecular complexity index is 201. The summed E-state index contributed by atoms with van der Waals surface area (Å²) in [4.78, 5) is 0. The molecule has 0 saturated heterocycles. The molecule has 3 radical (unpaired) electrons. The number of hydrogen-bond acceptors (Lipinski definition) is 2. The van der Waals surface area contributed by atoms with Crippen molar-refractivity contribution in [3.05, 3.63) is 0 Å². The third kappa shape index (κ3) is 29.4. The van der Waals surface area contributed by atoms with Crippen LogP contribution in [-0.4, -0.2) is 34.2 Å². The van der Waals surface area contributed by atoms with Gasteiger partial charge >= 0.3 is 72.4 Å². The zero-order valence-electron chi connectivity index (χ0n) is 14.9. The molecule has 0 spiro atoms. The van der Waals surface area contributed by atoms with Crippen LogP contribution in [0, 0.1) is 5.92 Å². The fourth-order valence-electron chi connectivity index (χ4n) is 1.95. The van der Waals surface area contributed by atoms with Crippen molar-refractivity contribution in [2.45, 2.75) is 96.3 Å². The van der Waals surface area contributed by atoms with Crippen LogP contribution in [0.25, 0.3) is 0 Å². The van der Waals surface area contributed by atoms with E-state index in [0.29, 0.717) is 5.05 Å². The molecule has 3 heteroatoms. The summed E-state index contributed by atoms with van der Waals surface area (Å²) in [7, 11) is 0. The first-order valence-electron chi connectivity index (χ1n) is 8.82. The third-order valence-corrected chi connectivity index (χ3v) is 4.39. The second kappa shape index (κ2) is 20.7. The second-order valence-corrected chi connectivity index (χ2v) is 8.10. The summed E-state index contributed by atoms with van der Waals surface area (Å²) in [6.45, 7) is 9.41. The van der Waals surface area contributed by atoms with Gasteiger partial charge in [-0.1, -0.05) is 33.1 Å². The van der Waals surface area contributed by atoms with Crippen LogP contribution in [0.15, 0.2) is 0 Å². The Morgan fingerprint density at radius 2 is 1.52 bits per heavy atom. The first-order chi connectivity index (χ1) is 10.0. The maximum absolute atomic E-state index is 5.18. The third-order valence-electron chi connectivity index (χ3n) is 3.26. The Labute approximate surface area is 153 Å². The summed E-state index contributed by atoms with van der Waals surface area (Å²) in [5.74, 6) is 0.832. The molecule has 1 nitrogen and oxygen atoms in total. The van der Waals surface area contributed by atoms with Crippen molar-refractivity contribution in [1.82, 2.24) is 0 Å². The molecule has 0 amide bonds. The summed E-state index contributed by atoms with van der Waals surface area (Å²) in [6, 6.07) is 0. The van der Waals surface area contributed by atoms with Crippen molar-refractivity contribution in [1.29, 1.82) is 0 Å². The zero-order chi connectivity index (χ0) is 16.3. The van der Waals surface area contributed by atoms with Gasteiger partial charge in [0, 0.05) is 6.92 Å². The number of unbranched alkanes of at least 4 members (excludes halogenated alkanes) is 7. The molecule has 0 aliphatic carbocycles. The van der Waals surface area contributed by atoms with Gasteiger partial charge in [-0.05, 0) is 24.6 Å². The van der Waals surface area contributed by atoms with Crippen molar-refractivity contribution in [2.24, 2.45) is 5.92 Å². The molecule has 21 heavy (non-hydrogen) atoms. The minimum absolute atomic E-state index is 0.666. The van der Waals surface area contributed by atoms with E-state index in [-0.39, 0.29) is 0 Å². The summed E-state index contributed by atoms with van der Waals surface area (Å²) < 4.78 is 6.64. The van der Waals surface area contributed by atoms with Crippen LogP contribution in [0.3, 0.4) is 0 Å². The van der Waals surface area contributed by atoms with Crippen LogP contribution < -0.4 is 0 Å². The maximum atomic E-state index is 5.18. The zero-order valence-corrected chi connectivity index (χ0v) is 18.5. The van der Waals surface area contributed by atoms with E-state index in [4.69, 9.17) is 17.0 Å². The molecular formula is C18H37OSSn. The average molecular weight is 420 g/mol. The van der Waals surface area contributed by atoms with Gasteiger partial charge in [-0.15, -0.1) is 0 Å². The van der Waals surface area contributed by atoms with E-state index < -0.39 is 0 Å². The predicted octanol–water partition coefficient (Wildman–Crippen LogP) is 6.50. The molecule has 0 bridgehead atoms. The van der Waals surface area contributed by atoms with E-state index >= 15 is 0 Å². The van der Waals surface area contributed by atoms with Crippen LogP contribution in [0.5, 0.6) is 0 Å². The first-order valence-corrected chi connectivity index (χ1v) is 11.2. The molecule has 0 aliphatic rings. The molecule has 0 unspecified atom stereocenters. The number of rotatable bonds is 12. The Morgan fingerprint density at radius 1 is 0.952 bits per heavy atom. The van der Waals surface area contributed by atoms with E-state index in [1.54, 1.807) is 22.5 Å². The second-order valence-electron chi connectivity index (χ2n) is 6.10. The molecule has 0 heterocycles. The molecule has 0 rings (SSSR count). The van der Waals surface area contributed by atoms with Gasteiger partial charge in [0.2, 0.25) is 0 Å². The van der Waals surface area contributed by atoms with E-state index in [1.165, 1.54) is 62.2 Å². The van der Waals surface area contributed by atoms with Crippen molar-refractivity contribution < 1.29 is 4.74 Å². The first kappa shape index (κ1) is 23.9. The Kier molecular flexibility index (Phi) is 23.6. The Balaban J connectivity index is 0. The predicted molar refractivity (Wildman–Crippen MR) is 101 cm³/mol. The topological polar surface area (TPSA) is 9.23 Å².